The summed E-state index contributed by atoms with van der Waals surface area (Å²) < 4.78 is 1.01. The quantitative estimate of drug-likeness (QED) is 0.808. The number of aliphatic hydroxyl groups excluding tert-OH is 2. The van der Waals surface area contributed by atoms with Gasteiger partial charge < -0.3 is 10.2 Å². The van der Waals surface area contributed by atoms with Gasteiger partial charge in [-0.05, 0) is 30.0 Å². The maximum atomic E-state index is 9.74. The zero-order valence-electron chi connectivity index (χ0n) is 11.2. The second-order valence-electron chi connectivity index (χ2n) is 5.20. The fourth-order valence-corrected chi connectivity index (χ4v) is 2.81. The molecule has 1 rings (SSSR count). The Morgan fingerprint density at radius 1 is 1.17 bits per heavy atom. The number of hydrogen-bond donors (Lipinski definition) is 2. The fourth-order valence-electron chi connectivity index (χ4n) is 2.54. The summed E-state index contributed by atoms with van der Waals surface area (Å²) in [4.78, 5) is 0. The highest BCUT2D eigenvalue weighted by atomic mass is 79.9. The lowest BCUT2D eigenvalue weighted by Gasteiger charge is -2.33. The summed E-state index contributed by atoms with van der Waals surface area (Å²) in [7, 11) is 0. The molecular weight excluding hydrogens is 292 g/mol. The number of benzene rings is 1. The van der Waals surface area contributed by atoms with Crippen LogP contribution in [0.5, 0.6) is 0 Å². The van der Waals surface area contributed by atoms with E-state index in [-0.39, 0.29) is 13.2 Å². The van der Waals surface area contributed by atoms with Crippen LogP contribution in [-0.4, -0.2) is 23.4 Å². The van der Waals surface area contributed by atoms with Gasteiger partial charge in [0.2, 0.25) is 0 Å². The number of halogens is 1. The zero-order valence-corrected chi connectivity index (χ0v) is 12.8. The summed E-state index contributed by atoms with van der Waals surface area (Å²) in [6, 6.07) is 7.88. The molecule has 0 aliphatic carbocycles. The van der Waals surface area contributed by atoms with Crippen molar-refractivity contribution in [3.8, 4) is 0 Å². The van der Waals surface area contributed by atoms with Crippen LogP contribution >= 0.6 is 15.9 Å². The van der Waals surface area contributed by atoms with Gasteiger partial charge in [-0.3, -0.25) is 0 Å². The van der Waals surface area contributed by atoms with E-state index in [0.29, 0.717) is 5.92 Å². The van der Waals surface area contributed by atoms with E-state index in [1.54, 1.807) is 0 Å². The van der Waals surface area contributed by atoms with Crippen molar-refractivity contribution in [2.45, 2.75) is 38.5 Å². The third-order valence-electron chi connectivity index (χ3n) is 3.58. The van der Waals surface area contributed by atoms with Crippen LogP contribution in [0, 0.1) is 5.92 Å². The molecule has 3 heteroatoms. The fraction of sp³-hybridized carbons (Fsp3) is 0.600. The summed E-state index contributed by atoms with van der Waals surface area (Å²) in [6.07, 6.45) is 3.07. The second kappa shape index (κ2) is 7.27. The highest BCUT2D eigenvalue weighted by molar-refractivity contribution is 9.10. The lowest BCUT2D eigenvalue weighted by Crippen LogP contribution is -2.36. The van der Waals surface area contributed by atoms with Gasteiger partial charge in [-0.1, -0.05) is 54.8 Å². The monoisotopic (exact) mass is 314 g/mol. The molecule has 1 unspecified atom stereocenters. The van der Waals surface area contributed by atoms with Crippen LogP contribution in [0.4, 0.5) is 0 Å². The Labute approximate surface area is 118 Å². The van der Waals surface area contributed by atoms with Crippen LogP contribution in [0.2, 0.25) is 0 Å². The summed E-state index contributed by atoms with van der Waals surface area (Å²) in [5, 5.41) is 19.5. The number of aliphatic hydroxyl groups is 2. The van der Waals surface area contributed by atoms with Gasteiger partial charge in [-0.25, -0.2) is 0 Å². The van der Waals surface area contributed by atoms with Crippen LogP contribution in [0.1, 0.15) is 38.7 Å². The maximum Gasteiger partial charge on any atom is 0.0550 e. The molecule has 0 fully saturated rings. The topological polar surface area (TPSA) is 40.5 Å². The minimum atomic E-state index is -0.519. The molecule has 0 amide bonds. The van der Waals surface area contributed by atoms with Crippen molar-refractivity contribution in [3.63, 3.8) is 0 Å². The lowest BCUT2D eigenvalue weighted by atomic mass is 9.74. The van der Waals surface area contributed by atoms with Crippen LogP contribution < -0.4 is 0 Å². The Morgan fingerprint density at radius 3 is 2.17 bits per heavy atom. The minimum absolute atomic E-state index is 0.0147. The molecule has 0 heterocycles. The Morgan fingerprint density at radius 2 is 1.72 bits per heavy atom. The first-order valence-electron chi connectivity index (χ1n) is 6.55. The van der Waals surface area contributed by atoms with E-state index >= 15 is 0 Å². The van der Waals surface area contributed by atoms with Gasteiger partial charge in [-0.2, -0.15) is 0 Å². The van der Waals surface area contributed by atoms with Gasteiger partial charge >= 0.3 is 0 Å². The molecule has 2 N–H and O–H groups in total. The van der Waals surface area contributed by atoms with Crippen LogP contribution in [0.25, 0.3) is 0 Å². The molecule has 1 aromatic rings. The normalized spacial score (nSPS) is 13.6. The molecule has 2 nitrogen and oxygen atoms in total. The Bertz CT molecular complexity index is 344. The SMILES string of the molecule is CCCC(C)CC(CO)(CO)c1ccc(Br)cc1. The van der Waals surface area contributed by atoms with Crippen LogP contribution in [0.3, 0.4) is 0 Å². The predicted octanol–water partition coefficient (Wildman–Crippen LogP) is 3.50. The van der Waals surface area contributed by atoms with E-state index in [0.717, 1.165) is 29.3 Å². The summed E-state index contributed by atoms with van der Waals surface area (Å²) in [5.41, 5.74) is 0.494. The van der Waals surface area contributed by atoms with E-state index < -0.39 is 5.41 Å². The van der Waals surface area contributed by atoms with E-state index in [9.17, 15) is 10.2 Å². The Kier molecular flexibility index (Phi) is 6.33. The average Bonchev–Trinajstić information content (AvgIpc) is 2.37. The first-order chi connectivity index (χ1) is 8.57. The van der Waals surface area contributed by atoms with E-state index in [4.69, 9.17) is 0 Å². The van der Waals surface area contributed by atoms with E-state index in [1.807, 2.05) is 24.3 Å². The second-order valence-corrected chi connectivity index (χ2v) is 6.12. The van der Waals surface area contributed by atoms with Gasteiger partial charge in [0.25, 0.3) is 0 Å². The molecule has 0 saturated carbocycles. The van der Waals surface area contributed by atoms with E-state index in [1.165, 1.54) is 0 Å². The Hall–Kier alpha value is -0.380. The summed E-state index contributed by atoms with van der Waals surface area (Å²) in [6.45, 7) is 4.32. The molecule has 18 heavy (non-hydrogen) atoms. The first-order valence-corrected chi connectivity index (χ1v) is 7.35. The summed E-state index contributed by atoms with van der Waals surface area (Å²) >= 11 is 3.41. The van der Waals surface area contributed by atoms with Crippen molar-refractivity contribution >= 4 is 15.9 Å². The molecular formula is C15H23BrO2. The zero-order chi connectivity index (χ0) is 13.6. The smallest absolute Gasteiger partial charge is 0.0550 e. The van der Waals surface area contributed by atoms with Crippen molar-refractivity contribution < 1.29 is 10.2 Å². The van der Waals surface area contributed by atoms with Gasteiger partial charge in [0.1, 0.15) is 0 Å². The van der Waals surface area contributed by atoms with Gasteiger partial charge in [0, 0.05) is 9.89 Å². The minimum Gasteiger partial charge on any atom is -0.395 e. The molecule has 1 atom stereocenters. The molecule has 102 valence electrons. The van der Waals surface area contributed by atoms with Gasteiger partial charge in [0.05, 0.1) is 13.2 Å². The third-order valence-corrected chi connectivity index (χ3v) is 4.11. The molecule has 0 saturated heterocycles. The Balaban J connectivity index is 2.95. The van der Waals surface area contributed by atoms with Crippen molar-refractivity contribution in [1.29, 1.82) is 0 Å². The molecule has 0 radical (unpaired) electrons. The number of rotatable bonds is 7. The standard InChI is InChI=1S/C15H23BrO2/c1-3-4-12(2)9-15(10-17,11-18)13-5-7-14(16)8-6-13/h5-8,12,17-18H,3-4,9-11H2,1-2H3. The largest absolute Gasteiger partial charge is 0.395 e. The van der Waals surface area contributed by atoms with Gasteiger partial charge in [0.15, 0.2) is 0 Å². The number of hydrogen-bond acceptors (Lipinski definition) is 2. The van der Waals surface area contributed by atoms with Crippen molar-refractivity contribution in [1.82, 2.24) is 0 Å². The third kappa shape index (κ3) is 3.81. The highest BCUT2D eigenvalue weighted by Crippen LogP contribution is 2.33. The predicted molar refractivity (Wildman–Crippen MR) is 78.7 cm³/mol. The van der Waals surface area contributed by atoms with Gasteiger partial charge in [-0.15, -0.1) is 0 Å². The van der Waals surface area contributed by atoms with Crippen molar-refractivity contribution in [3.05, 3.63) is 34.3 Å². The first kappa shape index (κ1) is 15.7. The van der Waals surface area contributed by atoms with E-state index in [2.05, 4.69) is 29.8 Å². The molecule has 0 spiro atoms. The molecule has 0 bridgehead atoms. The summed E-state index contributed by atoms with van der Waals surface area (Å²) in [5.74, 6) is 0.498. The highest BCUT2D eigenvalue weighted by Gasteiger charge is 2.32. The average molecular weight is 315 g/mol. The van der Waals surface area contributed by atoms with Crippen molar-refractivity contribution in [2.24, 2.45) is 5.92 Å². The molecule has 0 aromatic heterocycles. The lowest BCUT2D eigenvalue weighted by molar-refractivity contribution is 0.0956. The molecule has 0 aliphatic heterocycles. The molecule has 0 aliphatic rings. The maximum absolute atomic E-state index is 9.74. The van der Waals surface area contributed by atoms with Crippen molar-refractivity contribution in [2.75, 3.05) is 13.2 Å². The van der Waals surface area contributed by atoms with Crippen LogP contribution in [0.15, 0.2) is 28.7 Å². The van der Waals surface area contributed by atoms with Crippen LogP contribution in [-0.2, 0) is 5.41 Å². The molecule has 1 aromatic carbocycles.